The minimum Gasteiger partial charge on any atom is -0.478 e. The van der Waals surface area contributed by atoms with E-state index >= 15 is 0 Å². The van der Waals surface area contributed by atoms with Crippen molar-refractivity contribution in [2.24, 2.45) is 0 Å². The highest BCUT2D eigenvalue weighted by molar-refractivity contribution is 6.13. The van der Waals surface area contributed by atoms with Crippen LogP contribution in [0.3, 0.4) is 0 Å². The van der Waals surface area contributed by atoms with Crippen molar-refractivity contribution in [3.63, 3.8) is 0 Å². The number of aromatic nitrogens is 1. The predicted molar refractivity (Wildman–Crippen MR) is 114 cm³/mol. The van der Waals surface area contributed by atoms with E-state index in [-0.39, 0.29) is 5.78 Å². The van der Waals surface area contributed by atoms with Crippen LogP contribution in [0.5, 0.6) is 11.5 Å². The van der Waals surface area contributed by atoms with Crippen LogP contribution in [0, 0.1) is 0 Å². The van der Waals surface area contributed by atoms with Gasteiger partial charge in [0.15, 0.2) is 5.76 Å². The van der Waals surface area contributed by atoms with Crippen LogP contribution in [0.2, 0.25) is 0 Å². The third-order valence-electron chi connectivity index (χ3n) is 5.15. The average molecular weight is 396 g/mol. The van der Waals surface area contributed by atoms with Crippen molar-refractivity contribution in [2.45, 2.75) is 13.1 Å². The second-order valence-electron chi connectivity index (χ2n) is 7.27. The third kappa shape index (κ3) is 3.63. The van der Waals surface area contributed by atoms with Gasteiger partial charge in [0.05, 0.1) is 11.1 Å². The molecule has 0 unspecified atom stereocenters. The van der Waals surface area contributed by atoms with Crippen molar-refractivity contribution in [1.82, 2.24) is 9.88 Å². The fraction of sp³-hybridized carbons (Fsp3) is 0.120. The number of carbonyl (C=O) groups excluding carboxylic acids is 1. The maximum atomic E-state index is 12.8. The summed E-state index contributed by atoms with van der Waals surface area (Å²) in [6, 6.07) is 17.5. The molecule has 3 aromatic rings. The molecule has 5 heteroatoms. The molecule has 2 aromatic carbocycles. The summed E-state index contributed by atoms with van der Waals surface area (Å²) >= 11 is 0. The molecule has 3 heterocycles. The van der Waals surface area contributed by atoms with Crippen LogP contribution in [-0.4, -0.2) is 22.4 Å². The van der Waals surface area contributed by atoms with E-state index in [0.29, 0.717) is 36.9 Å². The smallest absolute Gasteiger partial charge is 0.231 e. The van der Waals surface area contributed by atoms with Crippen LogP contribution in [0.15, 0.2) is 84.9 Å². The molecule has 0 spiro atoms. The van der Waals surface area contributed by atoms with E-state index in [2.05, 4.69) is 9.88 Å². The molecule has 148 valence electrons. The van der Waals surface area contributed by atoms with Gasteiger partial charge in [-0.05, 0) is 35.4 Å². The molecule has 0 aliphatic carbocycles. The highest BCUT2D eigenvalue weighted by Gasteiger charge is 2.33. The molecule has 5 nitrogen and oxygen atoms in total. The van der Waals surface area contributed by atoms with Gasteiger partial charge in [-0.2, -0.15) is 0 Å². The quantitative estimate of drug-likeness (QED) is 0.603. The Morgan fingerprint density at radius 1 is 1.07 bits per heavy atom. The first-order chi connectivity index (χ1) is 14.8. The van der Waals surface area contributed by atoms with E-state index in [4.69, 9.17) is 9.47 Å². The number of ether oxygens (including phenoxy) is 2. The summed E-state index contributed by atoms with van der Waals surface area (Å²) in [4.78, 5) is 19.1. The average Bonchev–Trinajstić information content (AvgIpc) is 3.11. The lowest BCUT2D eigenvalue weighted by molar-refractivity contribution is 0.0871. The molecule has 0 radical (unpaired) electrons. The van der Waals surface area contributed by atoms with Gasteiger partial charge in [0.2, 0.25) is 5.78 Å². The van der Waals surface area contributed by atoms with Gasteiger partial charge in [0.25, 0.3) is 0 Å². The molecule has 1 aromatic heterocycles. The zero-order valence-electron chi connectivity index (χ0n) is 16.3. The molecule has 0 saturated heterocycles. The summed E-state index contributed by atoms with van der Waals surface area (Å²) in [5.41, 5.74) is 3.67. The summed E-state index contributed by atoms with van der Waals surface area (Å²) in [7, 11) is 0. The van der Waals surface area contributed by atoms with Gasteiger partial charge in [-0.1, -0.05) is 48.6 Å². The third-order valence-corrected chi connectivity index (χ3v) is 5.15. The molecule has 0 saturated carbocycles. The Kier molecular flexibility index (Phi) is 4.87. The Morgan fingerprint density at radius 2 is 1.97 bits per heavy atom. The molecular formula is C25H20N2O3. The number of hydrogen-bond acceptors (Lipinski definition) is 5. The van der Waals surface area contributed by atoms with Gasteiger partial charge >= 0.3 is 0 Å². The number of benzene rings is 2. The van der Waals surface area contributed by atoms with E-state index in [9.17, 15) is 4.79 Å². The van der Waals surface area contributed by atoms with Crippen molar-refractivity contribution < 1.29 is 14.3 Å². The molecule has 0 bridgehead atoms. The van der Waals surface area contributed by atoms with E-state index in [0.717, 1.165) is 22.4 Å². The second kappa shape index (κ2) is 7.97. The molecule has 0 N–H and O–H groups in total. The summed E-state index contributed by atoms with van der Waals surface area (Å²) < 4.78 is 11.9. The lowest BCUT2D eigenvalue weighted by Crippen LogP contribution is -2.31. The van der Waals surface area contributed by atoms with Gasteiger partial charge in [0, 0.05) is 25.5 Å². The van der Waals surface area contributed by atoms with Crippen LogP contribution >= 0.6 is 0 Å². The molecule has 0 fully saturated rings. The first kappa shape index (κ1) is 18.3. The SMILES string of the molecule is O=C1/C(=C\C=C\c2ccccc2)Oc2c1ccc1c2CN(Cc2cccnc2)CO1. The lowest BCUT2D eigenvalue weighted by atomic mass is 10.0. The maximum absolute atomic E-state index is 12.8. The Bertz CT molecular complexity index is 1140. The van der Waals surface area contributed by atoms with Crippen LogP contribution in [0.25, 0.3) is 6.08 Å². The van der Waals surface area contributed by atoms with Gasteiger partial charge in [-0.15, -0.1) is 0 Å². The summed E-state index contributed by atoms with van der Waals surface area (Å²) in [5, 5.41) is 0. The number of hydrogen-bond donors (Lipinski definition) is 0. The molecule has 5 rings (SSSR count). The number of nitrogens with zero attached hydrogens (tertiary/aromatic N) is 2. The number of Topliss-reactive ketones (excluding diaryl/α,β-unsaturated/α-hetero) is 1. The molecule has 0 atom stereocenters. The van der Waals surface area contributed by atoms with E-state index < -0.39 is 0 Å². The number of allylic oxidation sites excluding steroid dienone is 3. The Morgan fingerprint density at radius 3 is 2.80 bits per heavy atom. The zero-order chi connectivity index (χ0) is 20.3. The first-order valence-corrected chi connectivity index (χ1v) is 9.84. The summed E-state index contributed by atoms with van der Waals surface area (Å²) in [6.45, 7) is 1.85. The monoisotopic (exact) mass is 396 g/mol. The molecule has 2 aliphatic rings. The lowest BCUT2D eigenvalue weighted by Gasteiger charge is -2.29. The van der Waals surface area contributed by atoms with Crippen molar-refractivity contribution in [3.8, 4) is 11.5 Å². The fourth-order valence-corrected chi connectivity index (χ4v) is 3.68. The predicted octanol–water partition coefficient (Wildman–Crippen LogP) is 4.61. The van der Waals surface area contributed by atoms with Crippen LogP contribution in [-0.2, 0) is 13.1 Å². The van der Waals surface area contributed by atoms with E-state index in [1.807, 2.05) is 66.9 Å². The number of rotatable bonds is 4. The summed E-state index contributed by atoms with van der Waals surface area (Å²) in [5.74, 6) is 1.60. The molecule has 0 amide bonds. The molecule has 2 aliphatic heterocycles. The van der Waals surface area contributed by atoms with Crippen molar-refractivity contribution in [2.75, 3.05) is 6.73 Å². The number of pyridine rings is 1. The Hall–Kier alpha value is -3.70. The van der Waals surface area contributed by atoms with Crippen molar-refractivity contribution in [1.29, 1.82) is 0 Å². The minimum atomic E-state index is -0.102. The maximum Gasteiger partial charge on any atom is 0.231 e. The first-order valence-electron chi connectivity index (χ1n) is 9.84. The second-order valence-corrected chi connectivity index (χ2v) is 7.27. The normalized spacial score (nSPS) is 16.9. The number of fused-ring (bicyclic) bond motifs is 3. The molecular weight excluding hydrogens is 376 g/mol. The number of ketones is 1. The van der Waals surface area contributed by atoms with Gasteiger partial charge in [-0.3, -0.25) is 14.7 Å². The van der Waals surface area contributed by atoms with Gasteiger partial charge in [0.1, 0.15) is 18.2 Å². The van der Waals surface area contributed by atoms with E-state index in [1.165, 1.54) is 0 Å². The zero-order valence-corrected chi connectivity index (χ0v) is 16.3. The van der Waals surface area contributed by atoms with Crippen LogP contribution in [0.4, 0.5) is 0 Å². The topological polar surface area (TPSA) is 51.7 Å². The van der Waals surface area contributed by atoms with Crippen LogP contribution in [0.1, 0.15) is 27.0 Å². The fourth-order valence-electron chi connectivity index (χ4n) is 3.68. The number of carbonyl (C=O) groups is 1. The van der Waals surface area contributed by atoms with Crippen LogP contribution < -0.4 is 9.47 Å². The van der Waals surface area contributed by atoms with Crippen molar-refractivity contribution in [3.05, 3.63) is 107 Å². The highest BCUT2D eigenvalue weighted by Crippen LogP contribution is 2.41. The van der Waals surface area contributed by atoms with Crippen molar-refractivity contribution >= 4 is 11.9 Å². The summed E-state index contributed by atoms with van der Waals surface area (Å²) in [6.07, 6.45) is 9.12. The van der Waals surface area contributed by atoms with Gasteiger partial charge < -0.3 is 9.47 Å². The Balaban J connectivity index is 1.37. The minimum absolute atomic E-state index is 0.102. The largest absolute Gasteiger partial charge is 0.478 e. The van der Waals surface area contributed by atoms with Gasteiger partial charge in [-0.25, -0.2) is 0 Å². The highest BCUT2D eigenvalue weighted by atomic mass is 16.5. The standard InChI is InChI=1S/C25H20N2O3/c28-24-20-11-12-22-21(16-27(17-29-22)15-19-9-5-13-26-14-19)25(20)30-23(24)10-4-8-18-6-2-1-3-7-18/h1-14H,15-17H2/b8-4+,23-10+. The Labute approximate surface area is 174 Å². The van der Waals surface area contributed by atoms with E-state index in [1.54, 1.807) is 18.3 Å². The molecule has 30 heavy (non-hydrogen) atoms.